The number of carbonyl (C=O) groups excluding carboxylic acids is 2. The van der Waals surface area contributed by atoms with Crippen molar-refractivity contribution in [2.75, 3.05) is 20.2 Å². The van der Waals surface area contributed by atoms with Gasteiger partial charge in [0.2, 0.25) is 5.91 Å². The van der Waals surface area contributed by atoms with E-state index < -0.39 is 0 Å². The van der Waals surface area contributed by atoms with Gasteiger partial charge in [0, 0.05) is 19.5 Å². The molecule has 0 radical (unpaired) electrons. The van der Waals surface area contributed by atoms with Gasteiger partial charge in [-0.1, -0.05) is 13.8 Å². The molecule has 80 valence electrons. The van der Waals surface area contributed by atoms with Crippen LogP contribution in [0.3, 0.4) is 0 Å². The molecule has 0 saturated carbocycles. The summed E-state index contributed by atoms with van der Waals surface area (Å²) in [5.74, 6) is -0.0275. The van der Waals surface area contributed by atoms with Gasteiger partial charge in [-0.25, -0.2) is 0 Å². The third-order valence-electron chi connectivity index (χ3n) is 2.33. The fourth-order valence-electron chi connectivity index (χ4n) is 1.71. The highest BCUT2D eigenvalue weighted by Gasteiger charge is 2.34. The van der Waals surface area contributed by atoms with Crippen LogP contribution < -0.4 is 0 Å². The number of amides is 1. The molecule has 1 aliphatic heterocycles. The van der Waals surface area contributed by atoms with E-state index in [1.807, 2.05) is 0 Å². The number of esters is 1. The number of hydrogen-bond donors (Lipinski definition) is 0. The van der Waals surface area contributed by atoms with Gasteiger partial charge in [-0.05, 0) is 5.92 Å². The second-order valence-electron chi connectivity index (χ2n) is 4.12. The third kappa shape index (κ3) is 2.47. The molecule has 0 aromatic carbocycles. The number of likely N-dealkylation sites (tertiary alicyclic amines) is 1. The number of nitrogens with zero attached hydrogens (tertiary/aromatic N) is 1. The molecular weight excluding hydrogens is 182 g/mol. The Labute approximate surface area is 84.2 Å². The normalized spacial score (nSPS) is 21.9. The lowest BCUT2D eigenvalue weighted by atomic mass is 10.1. The van der Waals surface area contributed by atoms with Crippen LogP contribution in [-0.2, 0) is 14.3 Å². The van der Waals surface area contributed by atoms with Crippen LogP contribution in [0.1, 0.15) is 20.3 Å². The summed E-state index contributed by atoms with van der Waals surface area (Å²) in [6.07, 6.45) is 0.305. The Morgan fingerprint density at radius 1 is 1.64 bits per heavy atom. The van der Waals surface area contributed by atoms with Crippen molar-refractivity contribution in [3.63, 3.8) is 0 Å². The smallest absolute Gasteiger partial charge is 0.310 e. The fraction of sp³-hybridized carbons (Fsp3) is 0.800. The van der Waals surface area contributed by atoms with E-state index in [-0.39, 0.29) is 17.8 Å². The molecule has 0 aromatic rings. The largest absolute Gasteiger partial charge is 0.469 e. The van der Waals surface area contributed by atoms with E-state index in [1.54, 1.807) is 4.90 Å². The van der Waals surface area contributed by atoms with Crippen molar-refractivity contribution in [2.45, 2.75) is 20.3 Å². The molecule has 1 rings (SSSR count). The summed E-state index contributed by atoms with van der Waals surface area (Å²) in [6, 6.07) is 0. The molecule has 0 bridgehead atoms. The van der Waals surface area contributed by atoms with Crippen molar-refractivity contribution < 1.29 is 14.3 Å². The third-order valence-corrected chi connectivity index (χ3v) is 2.33. The first-order valence-corrected chi connectivity index (χ1v) is 4.90. The van der Waals surface area contributed by atoms with Gasteiger partial charge < -0.3 is 9.64 Å². The van der Waals surface area contributed by atoms with Gasteiger partial charge in [-0.15, -0.1) is 0 Å². The maximum atomic E-state index is 11.5. The van der Waals surface area contributed by atoms with Crippen molar-refractivity contribution in [2.24, 2.45) is 11.8 Å². The minimum absolute atomic E-state index is 0.0640. The topological polar surface area (TPSA) is 46.6 Å². The minimum Gasteiger partial charge on any atom is -0.469 e. The molecule has 0 N–H and O–H groups in total. The van der Waals surface area contributed by atoms with Crippen LogP contribution in [-0.4, -0.2) is 37.0 Å². The van der Waals surface area contributed by atoms with Crippen LogP contribution >= 0.6 is 0 Å². The molecule has 14 heavy (non-hydrogen) atoms. The Balaban J connectivity index is 2.51. The van der Waals surface area contributed by atoms with E-state index in [4.69, 9.17) is 0 Å². The summed E-state index contributed by atoms with van der Waals surface area (Å²) >= 11 is 0. The molecule has 0 aliphatic carbocycles. The van der Waals surface area contributed by atoms with E-state index in [0.29, 0.717) is 18.9 Å². The first kappa shape index (κ1) is 11.0. The Bertz CT molecular complexity index is 238. The van der Waals surface area contributed by atoms with Crippen molar-refractivity contribution in [1.82, 2.24) is 4.90 Å². The Morgan fingerprint density at radius 3 is 2.79 bits per heavy atom. The zero-order valence-electron chi connectivity index (χ0n) is 8.95. The molecule has 1 aliphatic rings. The van der Waals surface area contributed by atoms with Crippen molar-refractivity contribution in [3.8, 4) is 0 Å². The SMILES string of the molecule is COC(=O)C1CC(=O)N(CC(C)C)C1. The van der Waals surface area contributed by atoms with Crippen LogP contribution in [0.5, 0.6) is 0 Å². The van der Waals surface area contributed by atoms with Crippen LogP contribution in [0, 0.1) is 11.8 Å². The fourth-order valence-corrected chi connectivity index (χ4v) is 1.71. The highest BCUT2D eigenvalue weighted by molar-refractivity contribution is 5.86. The average molecular weight is 199 g/mol. The molecule has 4 nitrogen and oxygen atoms in total. The predicted octanol–water partition coefficient (Wildman–Crippen LogP) is 0.664. The van der Waals surface area contributed by atoms with E-state index in [2.05, 4.69) is 18.6 Å². The van der Waals surface area contributed by atoms with Gasteiger partial charge in [0.05, 0.1) is 13.0 Å². The lowest BCUT2D eigenvalue weighted by Crippen LogP contribution is -2.30. The molecule has 4 heteroatoms. The molecule has 1 amide bonds. The van der Waals surface area contributed by atoms with Crippen molar-refractivity contribution >= 4 is 11.9 Å². The van der Waals surface area contributed by atoms with E-state index in [9.17, 15) is 9.59 Å². The number of hydrogen-bond acceptors (Lipinski definition) is 3. The molecule has 1 fully saturated rings. The molecule has 0 aromatic heterocycles. The highest BCUT2D eigenvalue weighted by Crippen LogP contribution is 2.19. The first-order chi connectivity index (χ1) is 6.54. The summed E-state index contributed by atoms with van der Waals surface area (Å²) < 4.78 is 4.62. The van der Waals surface area contributed by atoms with Crippen LogP contribution in [0.2, 0.25) is 0 Å². The second-order valence-corrected chi connectivity index (χ2v) is 4.12. The van der Waals surface area contributed by atoms with Gasteiger partial charge >= 0.3 is 5.97 Å². The van der Waals surface area contributed by atoms with Crippen molar-refractivity contribution in [1.29, 1.82) is 0 Å². The minimum atomic E-state index is -0.274. The lowest BCUT2D eigenvalue weighted by molar-refractivity contribution is -0.145. The van der Waals surface area contributed by atoms with E-state index in [0.717, 1.165) is 6.54 Å². The van der Waals surface area contributed by atoms with Gasteiger partial charge in [0.1, 0.15) is 0 Å². The summed E-state index contributed by atoms with van der Waals surface area (Å²) in [6.45, 7) is 5.35. The van der Waals surface area contributed by atoms with Gasteiger partial charge in [0.25, 0.3) is 0 Å². The molecule has 1 unspecified atom stereocenters. The van der Waals surface area contributed by atoms with E-state index >= 15 is 0 Å². The zero-order valence-corrected chi connectivity index (χ0v) is 8.95. The Morgan fingerprint density at radius 2 is 2.29 bits per heavy atom. The predicted molar refractivity (Wildman–Crippen MR) is 51.5 cm³/mol. The second kappa shape index (κ2) is 4.44. The number of rotatable bonds is 3. The quantitative estimate of drug-likeness (QED) is 0.627. The monoisotopic (exact) mass is 199 g/mol. The van der Waals surface area contributed by atoms with Gasteiger partial charge in [-0.3, -0.25) is 9.59 Å². The summed E-state index contributed by atoms with van der Waals surface area (Å²) in [5.41, 5.74) is 0. The first-order valence-electron chi connectivity index (χ1n) is 4.90. The van der Waals surface area contributed by atoms with Crippen LogP contribution in [0.4, 0.5) is 0 Å². The number of ether oxygens (including phenoxy) is 1. The maximum absolute atomic E-state index is 11.5. The van der Waals surface area contributed by atoms with Crippen LogP contribution in [0.15, 0.2) is 0 Å². The molecule has 0 spiro atoms. The Hall–Kier alpha value is -1.06. The lowest BCUT2D eigenvalue weighted by Gasteiger charge is -2.18. The van der Waals surface area contributed by atoms with Crippen molar-refractivity contribution in [3.05, 3.63) is 0 Å². The summed E-state index contributed by atoms with van der Waals surface area (Å²) in [4.78, 5) is 24.4. The zero-order chi connectivity index (χ0) is 10.7. The Kier molecular flexibility index (Phi) is 3.49. The summed E-state index contributed by atoms with van der Waals surface area (Å²) in [5, 5.41) is 0. The molecule has 1 saturated heterocycles. The average Bonchev–Trinajstić information content (AvgIpc) is 2.46. The molecular formula is C10H17NO3. The van der Waals surface area contributed by atoms with Crippen LogP contribution in [0.25, 0.3) is 0 Å². The number of carbonyl (C=O) groups is 2. The highest BCUT2D eigenvalue weighted by atomic mass is 16.5. The molecule has 1 heterocycles. The van der Waals surface area contributed by atoms with E-state index in [1.165, 1.54) is 7.11 Å². The molecule has 1 atom stereocenters. The standard InChI is InChI=1S/C10H17NO3/c1-7(2)5-11-6-8(4-9(11)12)10(13)14-3/h7-8H,4-6H2,1-3H3. The number of methoxy groups -OCH3 is 1. The van der Waals surface area contributed by atoms with Gasteiger partial charge in [-0.2, -0.15) is 0 Å². The van der Waals surface area contributed by atoms with Gasteiger partial charge in [0.15, 0.2) is 0 Å². The summed E-state index contributed by atoms with van der Waals surface area (Å²) in [7, 11) is 1.36. The maximum Gasteiger partial charge on any atom is 0.310 e.